The summed E-state index contributed by atoms with van der Waals surface area (Å²) in [5.41, 5.74) is 0.805. The molecule has 2 bridgehead atoms. The first kappa shape index (κ1) is 12.6. The van der Waals surface area contributed by atoms with Crippen molar-refractivity contribution in [3.05, 3.63) is 24.3 Å². The minimum Gasteiger partial charge on any atom is -0.325 e. The summed E-state index contributed by atoms with van der Waals surface area (Å²) in [6.07, 6.45) is 9.37. The van der Waals surface area contributed by atoms with Gasteiger partial charge in [-0.05, 0) is 62.0 Å². The van der Waals surface area contributed by atoms with Crippen LogP contribution in [0.2, 0.25) is 0 Å². The number of nitrogens with one attached hydrogen (secondary N) is 1. The highest BCUT2D eigenvalue weighted by Crippen LogP contribution is 2.52. The molecule has 3 nitrogen and oxygen atoms in total. The van der Waals surface area contributed by atoms with E-state index >= 15 is 0 Å². The van der Waals surface area contributed by atoms with Crippen molar-refractivity contribution in [2.45, 2.75) is 44.9 Å². The highest BCUT2D eigenvalue weighted by Gasteiger charge is 2.41. The number of rotatable bonds is 3. The molecule has 0 spiro atoms. The van der Waals surface area contributed by atoms with E-state index in [9.17, 15) is 9.18 Å². The van der Waals surface area contributed by atoms with Crippen molar-refractivity contribution in [2.24, 2.45) is 11.3 Å². The van der Waals surface area contributed by atoms with Crippen LogP contribution in [0, 0.1) is 17.3 Å². The van der Waals surface area contributed by atoms with E-state index in [0.717, 1.165) is 5.92 Å². The van der Waals surface area contributed by atoms with E-state index in [1.54, 1.807) is 6.07 Å². The van der Waals surface area contributed by atoms with Crippen LogP contribution in [-0.4, -0.2) is 10.9 Å². The third kappa shape index (κ3) is 2.77. The largest absolute Gasteiger partial charge is 0.325 e. The van der Waals surface area contributed by atoms with Gasteiger partial charge in [0.15, 0.2) is 0 Å². The summed E-state index contributed by atoms with van der Waals surface area (Å²) in [7, 11) is 0. The minimum atomic E-state index is -0.526. The molecule has 3 saturated carbocycles. The maximum Gasteiger partial charge on any atom is 0.224 e. The van der Waals surface area contributed by atoms with Crippen molar-refractivity contribution in [1.29, 1.82) is 0 Å². The van der Waals surface area contributed by atoms with E-state index < -0.39 is 5.95 Å². The van der Waals surface area contributed by atoms with Crippen LogP contribution in [0.3, 0.4) is 0 Å². The van der Waals surface area contributed by atoms with Crippen molar-refractivity contribution in [2.75, 3.05) is 5.32 Å². The van der Waals surface area contributed by atoms with Gasteiger partial charge in [0.1, 0.15) is 0 Å². The molecule has 4 rings (SSSR count). The maximum atomic E-state index is 12.7. The first-order valence-electron chi connectivity index (χ1n) is 7.07. The van der Waals surface area contributed by atoms with Gasteiger partial charge in [0.25, 0.3) is 0 Å². The maximum absolute atomic E-state index is 12.7. The number of fused-ring (bicyclic) bond motifs is 3. The fourth-order valence-electron chi connectivity index (χ4n) is 3.60. The SMILES string of the molecule is O=C(CC12CCC(CC1)CC2)Nc1ccc(F)nc1. The zero-order valence-corrected chi connectivity index (χ0v) is 11.0. The summed E-state index contributed by atoms with van der Waals surface area (Å²) in [5.74, 6) is 0.419. The van der Waals surface area contributed by atoms with Gasteiger partial charge in [0.05, 0.1) is 11.9 Å². The molecular weight excluding hydrogens is 243 g/mol. The number of hydrogen-bond donors (Lipinski definition) is 1. The normalized spacial score (nSPS) is 29.2. The number of aromatic nitrogens is 1. The lowest BCUT2D eigenvalue weighted by molar-refractivity contribution is -0.120. The number of amides is 1. The molecule has 0 aliphatic heterocycles. The first-order chi connectivity index (χ1) is 9.15. The summed E-state index contributed by atoms with van der Waals surface area (Å²) in [4.78, 5) is 15.7. The molecule has 1 N–H and O–H groups in total. The second-order valence-corrected chi connectivity index (χ2v) is 6.08. The average Bonchev–Trinajstić information content (AvgIpc) is 2.43. The fraction of sp³-hybridized carbons (Fsp3) is 0.600. The van der Waals surface area contributed by atoms with Crippen LogP contribution in [0.5, 0.6) is 0 Å². The Morgan fingerprint density at radius 3 is 2.58 bits per heavy atom. The van der Waals surface area contributed by atoms with E-state index in [1.807, 2.05) is 0 Å². The predicted molar refractivity (Wildman–Crippen MR) is 71.1 cm³/mol. The number of halogens is 1. The second kappa shape index (κ2) is 4.91. The van der Waals surface area contributed by atoms with Crippen LogP contribution < -0.4 is 5.32 Å². The Morgan fingerprint density at radius 1 is 1.32 bits per heavy atom. The molecule has 1 aromatic heterocycles. The molecular formula is C15H19FN2O. The topological polar surface area (TPSA) is 42.0 Å². The summed E-state index contributed by atoms with van der Waals surface area (Å²) < 4.78 is 12.7. The average molecular weight is 262 g/mol. The van der Waals surface area contributed by atoms with Crippen molar-refractivity contribution in [1.82, 2.24) is 4.98 Å². The quantitative estimate of drug-likeness (QED) is 0.847. The van der Waals surface area contributed by atoms with Crippen molar-refractivity contribution in [3.8, 4) is 0 Å². The monoisotopic (exact) mass is 262 g/mol. The van der Waals surface area contributed by atoms with Gasteiger partial charge >= 0.3 is 0 Å². The van der Waals surface area contributed by atoms with Gasteiger partial charge in [0, 0.05) is 6.42 Å². The number of anilines is 1. The molecule has 1 amide bonds. The van der Waals surface area contributed by atoms with Gasteiger partial charge in [-0.15, -0.1) is 0 Å². The highest BCUT2D eigenvalue weighted by atomic mass is 19.1. The van der Waals surface area contributed by atoms with Crippen molar-refractivity contribution < 1.29 is 9.18 Å². The molecule has 0 unspecified atom stereocenters. The van der Waals surface area contributed by atoms with E-state index in [-0.39, 0.29) is 11.3 Å². The molecule has 3 fully saturated rings. The zero-order chi connectivity index (χ0) is 13.3. The van der Waals surface area contributed by atoms with Crippen LogP contribution in [-0.2, 0) is 4.79 Å². The summed E-state index contributed by atoms with van der Waals surface area (Å²) >= 11 is 0. The van der Waals surface area contributed by atoms with Gasteiger partial charge < -0.3 is 5.32 Å². The molecule has 0 saturated heterocycles. The van der Waals surface area contributed by atoms with Crippen LogP contribution >= 0.6 is 0 Å². The van der Waals surface area contributed by atoms with Crippen LogP contribution in [0.25, 0.3) is 0 Å². The number of pyridine rings is 1. The van der Waals surface area contributed by atoms with Crippen molar-refractivity contribution >= 4 is 11.6 Å². The molecule has 3 aliphatic carbocycles. The smallest absolute Gasteiger partial charge is 0.224 e. The second-order valence-electron chi connectivity index (χ2n) is 6.08. The molecule has 19 heavy (non-hydrogen) atoms. The fourth-order valence-corrected chi connectivity index (χ4v) is 3.60. The van der Waals surface area contributed by atoms with E-state index in [1.165, 1.54) is 50.8 Å². The lowest BCUT2D eigenvalue weighted by atomic mass is 9.59. The number of nitrogens with zero attached hydrogens (tertiary/aromatic N) is 1. The molecule has 3 aliphatic rings. The summed E-state index contributed by atoms with van der Waals surface area (Å²) in [5, 5.41) is 2.82. The number of carbonyl (C=O) groups is 1. The van der Waals surface area contributed by atoms with Gasteiger partial charge in [0.2, 0.25) is 11.9 Å². The lowest BCUT2D eigenvalue weighted by Crippen LogP contribution is -2.37. The minimum absolute atomic E-state index is 0.0359. The van der Waals surface area contributed by atoms with Crippen LogP contribution in [0.15, 0.2) is 18.3 Å². The third-order valence-electron chi connectivity index (χ3n) is 4.80. The van der Waals surface area contributed by atoms with E-state index in [0.29, 0.717) is 12.1 Å². The first-order valence-corrected chi connectivity index (χ1v) is 7.07. The predicted octanol–water partition coefficient (Wildman–Crippen LogP) is 3.52. The van der Waals surface area contributed by atoms with Crippen LogP contribution in [0.1, 0.15) is 44.9 Å². The Balaban J connectivity index is 1.60. The van der Waals surface area contributed by atoms with Crippen molar-refractivity contribution in [3.63, 3.8) is 0 Å². The molecule has 0 aromatic carbocycles. The van der Waals surface area contributed by atoms with Gasteiger partial charge in [-0.3, -0.25) is 4.79 Å². The lowest BCUT2D eigenvalue weighted by Gasteiger charge is -2.46. The summed E-state index contributed by atoms with van der Waals surface area (Å²) in [6.45, 7) is 0. The van der Waals surface area contributed by atoms with Crippen LogP contribution in [0.4, 0.5) is 10.1 Å². The number of hydrogen-bond acceptors (Lipinski definition) is 2. The van der Waals surface area contributed by atoms with E-state index in [2.05, 4.69) is 10.3 Å². The van der Waals surface area contributed by atoms with Gasteiger partial charge in [-0.1, -0.05) is 0 Å². The van der Waals surface area contributed by atoms with Gasteiger partial charge in [-0.2, -0.15) is 4.39 Å². The Morgan fingerprint density at radius 2 is 2.00 bits per heavy atom. The number of carbonyl (C=O) groups excluding carboxylic acids is 1. The Labute approximate surface area is 112 Å². The molecule has 1 aromatic rings. The summed E-state index contributed by atoms with van der Waals surface area (Å²) in [6, 6.07) is 2.81. The Kier molecular flexibility index (Phi) is 3.25. The molecule has 0 radical (unpaired) electrons. The molecule has 0 atom stereocenters. The zero-order valence-electron chi connectivity index (χ0n) is 11.0. The standard InChI is InChI=1S/C15H19FN2O/c16-13-2-1-12(10-17-13)18-14(19)9-15-6-3-11(4-7-15)5-8-15/h1-2,10-11H,3-9H2,(H,18,19). The molecule has 4 heteroatoms. The molecule has 102 valence electrons. The third-order valence-corrected chi connectivity index (χ3v) is 4.80. The highest BCUT2D eigenvalue weighted by molar-refractivity contribution is 5.90. The van der Waals surface area contributed by atoms with Gasteiger partial charge in [-0.25, -0.2) is 4.98 Å². The Hall–Kier alpha value is -1.45. The Bertz CT molecular complexity index is 450. The van der Waals surface area contributed by atoms with E-state index in [4.69, 9.17) is 0 Å². The molecule has 1 heterocycles.